The SMILES string of the molecule is Cc1ccc(Cl)cc1N=Nc1c(O)c(C(=O)Nc2ccc(NC(=O)c3cc4ccccc4c(N=Nc4cc(Cl)ccc4C)c3O)cc2)cc2ccccc12. The quantitative estimate of drug-likeness (QED) is 0.114. The van der Waals surface area contributed by atoms with Crippen molar-refractivity contribution in [1.29, 1.82) is 0 Å². The minimum atomic E-state index is -0.582. The molecule has 12 heteroatoms. The first-order valence-corrected chi connectivity index (χ1v) is 17.4. The summed E-state index contributed by atoms with van der Waals surface area (Å²) in [6.45, 7) is 3.73. The van der Waals surface area contributed by atoms with E-state index < -0.39 is 11.8 Å². The number of hydrogen-bond donors (Lipinski definition) is 4. The Hall–Kier alpha value is -6.62. The van der Waals surface area contributed by atoms with Crippen LogP contribution in [0.15, 0.2) is 142 Å². The van der Waals surface area contributed by atoms with Crippen molar-refractivity contribution in [3.63, 3.8) is 0 Å². The molecule has 7 aromatic carbocycles. The average Bonchev–Trinajstić information content (AvgIpc) is 3.16. The molecule has 266 valence electrons. The van der Waals surface area contributed by atoms with Crippen LogP contribution in [-0.4, -0.2) is 22.0 Å². The van der Waals surface area contributed by atoms with E-state index in [-0.39, 0.29) is 34.0 Å². The molecule has 0 aliphatic heterocycles. The summed E-state index contributed by atoms with van der Waals surface area (Å²) in [5.41, 5.74) is 3.79. The number of nitrogens with zero attached hydrogens (tertiary/aromatic N) is 4. The van der Waals surface area contributed by atoms with Gasteiger partial charge in [-0.1, -0.05) is 83.9 Å². The van der Waals surface area contributed by atoms with E-state index in [1.807, 2.05) is 50.2 Å². The summed E-state index contributed by atoms with van der Waals surface area (Å²) in [6, 6.07) is 34.5. The van der Waals surface area contributed by atoms with Crippen LogP contribution in [0.25, 0.3) is 21.5 Å². The van der Waals surface area contributed by atoms with E-state index in [1.165, 1.54) is 0 Å². The normalized spacial score (nSPS) is 11.5. The molecule has 0 aliphatic carbocycles. The summed E-state index contributed by atoms with van der Waals surface area (Å²) < 4.78 is 0. The number of nitrogens with one attached hydrogen (secondary N) is 2. The number of anilines is 2. The molecule has 0 aliphatic rings. The zero-order valence-electron chi connectivity index (χ0n) is 28.8. The number of amides is 2. The molecule has 4 N–H and O–H groups in total. The van der Waals surface area contributed by atoms with Crippen LogP contribution in [0.4, 0.5) is 34.1 Å². The van der Waals surface area contributed by atoms with Crippen molar-refractivity contribution < 1.29 is 19.8 Å². The van der Waals surface area contributed by atoms with Crippen LogP contribution in [-0.2, 0) is 0 Å². The van der Waals surface area contributed by atoms with Gasteiger partial charge in [0, 0.05) is 32.2 Å². The predicted molar refractivity (Wildman–Crippen MR) is 214 cm³/mol. The molecule has 54 heavy (non-hydrogen) atoms. The van der Waals surface area contributed by atoms with Crippen molar-refractivity contribution in [2.24, 2.45) is 20.5 Å². The Morgan fingerprint density at radius 2 is 0.907 bits per heavy atom. The maximum absolute atomic E-state index is 13.5. The van der Waals surface area contributed by atoms with Crippen LogP contribution in [0.5, 0.6) is 11.5 Å². The molecular weight excluding hydrogens is 723 g/mol. The van der Waals surface area contributed by atoms with E-state index in [9.17, 15) is 19.8 Å². The third-order valence-corrected chi connectivity index (χ3v) is 9.21. The number of phenolic OH excluding ortho intramolecular Hbond substituents is 2. The van der Waals surface area contributed by atoms with Crippen LogP contribution in [0, 0.1) is 13.8 Å². The van der Waals surface area contributed by atoms with Crippen LogP contribution in [0.2, 0.25) is 10.0 Å². The lowest BCUT2D eigenvalue weighted by Gasteiger charge is -2.13. The summed E-state index contributed by atoms with van der Waals surface area (Å²) in [6.07, 6.45) is 0. The highest BCUT2D eigenvalue weighted by Gasteiger charge is 2.21. The highest BCUT2D eigenvalue weighted by Crippen LogP contribution is 2.42. The molecule has 2 amide bonds. The Morgan fingerprint density at radius 3 is 1.31 bits per heavy atom. The molecule has 0 spiro atoms. The first-order chi connectivity index (χ1) is 26.0. The maximum Gasteiger partial charge on any atom is 0.259 e. The fourth-order valence-corrected chi connectivity index (χ4v) is 6.14. The molecule has 0 unspecified atom stereocenters. The van der Waals surface area contributed by atoms with Gasteiger partial charge in [-0.3, -0.25) is 9.59 Å². The number of halogens is 2. The largest absolute Gasteiger partial charge is 0.505 e. The molecular formula is C42H30Cl2N6O4. The van der Waals surface area contributed by atoms with Gasteiger partial charge in [0.05, 0.1) is 22.5 Å². The van der Waals surface area contributed by atoms with Crippen LogP contribution in [0.3, 0.4) is 0 Å². The topological polar surface area (TPSA) is 148 Å². The van der Waals surface area contributed by atoms with Crippen molar-refractivity contribution in [3.05, 3.63) is 154 Å². The second-order valence-electron chi connectivity index (χ2n) is 12.4. The number of carbonyl (C=O) groups is 2. The number of aryl methyl sites for hydroxylation is 2. The summed E-state index contributed by atoms with van der Waals surface area (Å²) in [5, 5.41) is 49.0. The smallest absolute Gasteiger partial charge is 0.259 e. The molecule has 0 heterocycles. The van der Waals surface area contributed by atoms with Gasteiger partial charge in [-0.2, -0.15) is 10.2 Å². The number of aromatic hydroxyl groups is 2. The summed E-state index contributed by atoms with van der Waals surface area (Å²) in [4.78, 5) is 27.1. The van der Waals surface area contributed by atoms with Crippen LogP contribution >= 0.6 is 23.2 Å². The van der Waals surface area contributed by atoms with Crippen molar-refractivity contribution in [2.75, 3.05) is 10.6 Å². The van der Waals surface area contributed by atoms with Gasteiger partial charge >= 0.3 is 0 Å². The van der Waals surface area contributed by atoms with Crippen molar-refractivity contribution in [1.82, 2.24) is 0 Å². The zero-order valence-corrected chi connectivity index (χ0v) is 30.3. The first kappa shape index (κ1) is 35.8. The van der Waals surface area contributed by atoms with Gasteiger partial charge in [-0.15, -0.1) is 10.2 Å². The number of hydrogen-bond acceptors (Lipinski definition) is 8. The molecule has 0 fully saturated rings. The van der Waals surface area contributed by atoms with Crippen molar-refractivity contribution in [2.45, 2.75) is 13.8 Å². The van der Waals surface area contributed by atoms with Gasteiger partial charge in [-0.25, -0.2) is 0 Å². The fourth-order valence-electron chi connectivity index (χ4n) is 5.81. The standard InChI is InChI=1S/C42H30Cl2N6O4/c1-23-11-13-27(43)21-35(23)47-49-37-31-9-5-3-7-25(31)19-33(39(37)51)41(53)45-29-15-17-30(18-16-29)46-42(54)34-20-26-8-4-6-10-32(26)38(40(34)52)50-48-36-22-28(44)14-12-24(36)2/h3-22,51-52H,1-2H3,(H,45,53)(H,46,54). The lowest BCUT2D eigenvalue weighted by atomic mass is 10.0. The lowest BCUT2D eigenvalue weighted by molar-refractivity contribution is 0.101. The van der Waals surface area contributed by atoms with Gasteiger partial charge < -0.3 is 20.8 Å². The van der Waals surface area contributed by atoms with Gasteiger partial charge in [0.25, 0.3) is 11.8 Å². The summed E-state index contributed by atoms with van der Waals surface area (Å²) >= 11 is 12.3. The van der Waals surface area contributed by atoms with E-state index >= 15 is 0 Å². The van der Waals surface area contributed by atoms with Crippen LogP contribution in [0.1, 0.15) is 31.8 Å². The number of azo groups is 2. The molecule has 0 aromatic heterocycles. The van der Waals surface area contributed by atoms with E-state index in [0.717, 1.165) is 11.1 Å². The minimum absolute atomic E-state index is 0.00639. The number of rotatable bonds is 8. The van der Waals surface area contributed by atoms with E-state index in [4.69, 9.17) is 23.2 Å². The van der Waals surface area contributed by atoms with Gasteiger partial charge in [0.2, 0.25) is 0 Å². The fraction of sp³-hybridized carbons (Fsp3) is 0.0476. The van der Waals surface area contributed by atoms with Crippen LogP contribution < -0.4 is 10.6 Å². The third kappa shape index (κ3) is 7.47. The Kier molecular flexibility index (Phi) is 10.0. The second-order valence-corrected chi connectivity index (χ2v) is 13.3. The molecule has 7 rings (SSSR count). The van der Waals surface area contributed by atoms with Crippen molar-refractivity contribution >= 4 is 90.7 Å². The second kappa shape index (κ2) is 15.2. The van der Waals surface area contributed by atoms with Gasteiger partial charge in [0.15, 0.2) is 11.5 Å². The number of benzene rings is 7. The minimum Gasteiger partial charge on any atom is -0.505 e. The monoisotopic (exact) mass is 752 g/mol. The summed E-state index contributed by atoms with van der Waals surface area (Å²) in [7, 11) is 0. The average molecular weight is 754 g/mol. The molecule has 10 nitrogen and oxygen atoms in total. The Labute approximate surface area is 319 Å². The molecule has 0 saturated carbocycles. The third-order valence-electron chi connectivity index (χ3n) is 8.74. The van der Waals surface area contributed by atoms with E-state index in [1.54, 1.807) is 84.9 Å². The van der Waals surface area contributed by atoms with Gasteiger partial charge in [0.1, 0.15) is 11.4 Å². The van der Waals surface area contributed by atoms with Crippen molar-refractivity contribution in [3.8, 4) is 11.5 Å². The summed E-state index contributed by atoms with van der Waals surface area (Å²) in [5.74, 6) is -1.84. The first-order valence-electron chi connectivity index (χ1n) is 16.6. The van der Waals surface area contributed by atoms with E-state index in [0.29, 0.717) is 54.3 Å². The molecule has 7 aromatic rings. The zero-order chi connectivity index (χ0) is 37.9. The number of fused-ring (bicyclic) bond motifs is 2. The lowest BCUT2D eigenvalue weighted by Crippen LogP contribution is -2.13. The highest BCUT2D eigenvalue weighted by molar-refractivity contribution is 6.31. The van der Waals surface area contributed by atoms with E-state index in [2.05, 4.69) is 31.1 Å². The molecule has 0 saturated heterocycles. The number of phenols is 2. The Morgan fingerprint density at radius 1 is 0.519 bits per heavy atom. The molecule has 0 atom stereocenters. The molecule has 0 radical (unpaired) electrons. The predicted octanol–water partition coefficient (Wildman–Crippen LogP) is 12.7. The van der Waals surface area contributed by atoms with Gasteiger partial charge in [-0.05, 0) is 96.4 Å². The highest BCUT2D eigenvalue weighted by atomic mass is 35.5. The Bertz CT molecular complexity index is 2490. The number of carbonyl (C=O) groups excluding carboxylic acids is 2. The maximum atomic E-state index is 13.5. The Balaban J connectivity index is 1.12. The molecule has 0 bridgehead atoms.